The number of nitrogens with zero attached hydrogens (tertiary/aromatic N) is 2. The quantitative estimate of drug-likeness (QED) is 0.637. The van der Waals surface area contributed by atoms with Crippen molar-refractivity contribution in [2.75, 3.05) is 25.1 Å². The van der Waals surface area contributed by atoms with Gasteiger partial charge in [0, 0.05) is 31.2 Å². The molecule has 0 saturated heterocycles. The van der Waals surface area contributed by atoms with Gasteiger partial charge in [0.2, 0.25) is 0 Å². The first-order valence-electron chi connectivity index (χ1n) is 6.30. The minimum absolute atomic E-state index is 0.105. The lowest BCUT2D eigenvalue weighted by molar-refractivity contribution is 0.147. The maximum Gasteiger partial charge on any atom is 0.137 e. The van der Waals surface area contributed by atoms with E-state index in [9.17, 15) is 0 Å². The smallest absolute Gasteiger partial charge is 0.137 e. The van der Waals surface area contributed by atoms with E-state index in [0.29, 0.717) is 5.15 Å². The van der Waals surface area contributed by atoms with Crippen LogP contribution in [0, 0.1) is 0 Å². The van der Waals surface area contributed by atoms with Gasteiger partial charge in [0.15, 0.2) is 0 Å². The summed E-state index contributed by atoms with van der Waals surface area (Å²) in [6.07, 6.45) is 0.945. The van der Waals surface area contributed by atoms with Crippen molar-refractivity contribution < 1.29 is 4.74 Å². The fourth-order valence-electron chi connectivity index (χ4n) is 1.38. The zero-order valence-corrected chi connectivity index (χ0v) is 12.3. The summed E-state index contributed by atoms with van der Waals surface area (Å²) in [4.78, 5) is 8.73. The van der Waals surface area contributed by atoms with E-state index in [4.69, 9.17) is 16.3 Å². The molecule has 1 rings (SSSR count). The molecule has 0 saturated carbocycles. The van der Waals surface area contributed by atoms with Crippen LogP contribution < -0.4 is 5.32 Å². The van der Waals surface area contributed by atoms with Gasteiger partial charge in [-0.1, -0.05) is 32.4 Å². The Morgan fingerprint density at radius 1 is 1.33 bits per heavy atom. The number of hydrogen-bond acceptors (Lipinski definition) is 4. The first-order chi connectivity index (χ1) is 8.43. The molecule has 1 aromatic rings. The van der Waals surface area contributed by atoms with Crippen LogP contribution >= 0.6 is 11.6 Å². The van der Waals surface area contributed by atoms with Crippen molar-refractivity contribution >= 4 is 17.4 Å². The molecule has 102 valence electrons. The summed E-state index contributed by atoms with van der Waals surface area (Å²) in [6, 6.07) is 1.75. The fraction of sp³-hybridized carbons (Fsp3) is 0.692. The molecule has 0 bridgehead atoms. The highest BCUT2D eigenvalue weighted by atomic mass is 35.5. The lowest BCUT2D eigenvalue weighted by Gasteiger charge is -2.17. The average molecular weight is 272 g/mol. The first kappa shape index (κ1) is 15.2. The van der Waals surface area contributed by atoms with Gasteiger partial charge in [-0.05, 0) is 13.3 Å². The van der Waals surface area contributed by atoms with E-state index in [0.717, 1.165) is 37.8 Å². The molecule has 5 heteroatoms. The van der Waals surface area contributed by atoms with E-state index < -0.39 is 0 Å². The molecular weight excluding hydrogens is 250 g/mol. The second-order valence-electron chi connectivity index (χ2n) is 5.13. The minimum Gasteiger partial charge on any atom is -0.382 e. The molecule has 1 N–H and O–H groups in total. The standard InChI is InChI=1S/C13H22ClN3O/c1-5-18-8-6-7-15-11-9-10(14)16-12(17-11)13(2,3)4/h9H,5-8H2,1-4H3,(H,15,16,17). The molecule has 0 aliphatic rings. The minimum atomic E-state index is -0.105. The molecule has 0 radical (unpaired) electrons. The van der Waals surface area contributed by atoms with Crippen LogP contribution in [0.1, 0.15) is 39.9 Å². The number of anilines is 1. The third-order valence-electron chi connectivity index (χ3n) is 2.34. The van der Waals surface area contributed by atoms with E-state index in [-0.39, 0.29) is 5.41 Å². The fourth-order valence-corrected chi connectivity index (χ4v) is 1.56. The zero-order valence-electron chi connectivity index (χ0n) is 11.6. The summed E-state index contributed by atoms with van der Waals surface area (Å²) < 4.78 is 5.27. The number of halogens is 1. The normalized spacial score (nSPS) is 11.6. The topological polar surface area (TPSA) is 47.0 Å². The average Bonchev–Trinajstić information content (AvgIpc) is 2.27. The SMILES string of the molecule is CCOCCCNc1cc(Cl)nc(C(C)(C)C)n1. The Morgan fingerprint density at radius 2 is 2.06 bits per heavy atom. The van der Waals surface area contributed by atoms with Gasteiger partial charge in [0.1, 0.15) is 16.8 Å². The number of nitrogens with one attached hydrogen (secondary N) is 1. The van der Waals surface area contributed by atoms with E-state index in [2.05, 4.69) is 36.1 Å². The summed E-state index contributed by atoms with van der Waals surface area (Å²) in [7, 11) is 0. The maximum atomic E-state index is 6.00. The molecule has 1 heterocycles. The van der Waals surface area contributed by atoms with Crippen molar-refractivity contribution in [2.24, 2.45) is 0 Å². The Kier molecular flexibility index (Phi) is 5.82. The number of ether oxygens (including phenoxy) is 1. The Bertz CT molecular complexity index is 377. The Hall–Kier alpha value is -0.870. The van der Waals surface area contributed by atoms with Gasteiger partial charge in [-0.2, -0.15) is 0 Å². The van der Waals surface area contributed by atoms with Crippen LogP contribution in [0.4, 0.5) is 5.82 Å². The molecule has 1 aromatic heterocycles. The summed E-state index contributed by atoms with van der Waals surface area (Å²) in [5.74, 6) is 1.53. The van der Waals surface area contributed by atoms with E-state index in [1.54, 1.807) is 6.07 Å². The van der Waals surface area contributed by atoms with Gasteiger partial charge in [0.25, 0.3) is 0 Å². The van der Waals surface area contributed by atoms with Gasteiger partial charge in [-0.3, -0.25) is 0 Å². The van der Waals surface area contributed by atoms with Crippen molar-refractivity contribution in [1.29, 1.82) is 0 Å². The van der Waals surface area contributed by atoms with Gasteiger partial charge in [-0.15, -0.1) is 0 Å². The molecular formula is C13H22ClN3O. The Morgan fingerprint density at radius 3 is 2.67 bits per heavy atom. The van der Waals surface area contributed by atoms with Crippen LogP contribution in [0.15, 0.2) is 6.07 Å². The molecule has 0 fully saturated rings. The number of hydrogen-bond donors (Lipinski definition) is 1. The van der Waals surface area contributed by atoms with Crippen molar-refractivity contribution in [3.63, 3.8) is 0 Å². The van der Waals surface area contributed by atoms with Gasteiger partial charge in [0.05, 0.1) is 0 Å². The second-order valence-corrected chi connectivity index (χ2v) is 5.51. The third kappa shape index (κ3) is 5.19. The van der Waals surface area contributed by atoms with Gasteiger partial charge >= 0.3 is 0 Å². The van der Waals surface area contributed by atoms with E-state index in [1.165, 1.54) is 0 Å². The zero-order chi connectivity index (χ0) is 13.6. The molecule has 0 amide bonds. The largest absolute Gasteiger partial charge is 0.382 e. The molecule has 0 atom stereocenters. The van der Waals surface area contributed by atoms with E-state index >= 15 is 0 Å². The number of aromatic nitrogens is 2. The maximum absolute atomic E-state index is 6.00. The van der Waals surface area contributed by atoms with Gasteiger partial charge in [-0.25, -0.2) is 9.97 Å². The summed E-state index contributed by atoms with van der Waals surface area (Å²) in [5.41, 5.74) is -0.105. The van der Waals surface area contributed by atoms with Crippen LogP contribution in [-0.4, -0.2) is 29.7 Å². The summed E-state index contributed by atoms with van der Waals surface area (Å²) >= 11 is 6.00. The van der Waals surface area contributed by atoms with Crippen LogP contribution in [-0.2, 0) is 10.2 Å². The molecule has 4 nitrogen and oxygen atoms in total. The van der Waals surface area contributed by atoms with Crippen LogP contribution in [0.2, 0.25) is 5.15 Å². The predicted molar refractivity (Wildman–Crippen MR) is 75.3 cm³/mol. The highest BCUT2D eigenvalue weighted by molar-refractivity contribution is 6.29. The molecule has 18 heavy (non-hydrogen) atoms. The Balaban J connectivity index is 2.58. The van der Waals surface area contributed by atoms with E-state index in [1.807, 2.05) is 6.92 Å². The first-order valence-corrected chi connectivity index (χ1v) is 6.68. The molecule has 0 aliphatic carbocycles. The second kappa shape index (κ2) is 6.90. The molecule has 0 aromatic carbocycles. The molecule has 0 unspecified atom stereocenters. The third-order valence-corrected chi connectivity index (χ3v) is 2.54. The summed E-state index contributed by atoms with van der Waals surface area (Å²) in [5, 5.41) is 3.72. The van der Waals surface area contributed by atoms with Crippen molar-refractivity contribution in [3.05, 3.63) is 17.0 Å². The van der Waals surface area contributed by atoms with Crippen molar-refractivity contribution in [2.45, 2.75) is 39.5 Å². The van der Waals surface area contributed by atoms with Gasteiger partial charge < -0.3 is 10.1 Å². The lowest BCUT2D eigenvalue weighted by atomic mass is 9.96. The highest BCUT2D eigenvalue weighted by Crippen LogP contribution is 2.22. The predicted octanol–water partition coefficient (Wildman–Crippen LogP) is 3.27. The molecule has 0 spiro atoms. The van der Waals surface area contributed by atoms with Crippen LogP contribution in [0.3, 0.4) is 0 Å². The lowest BCUT2D eigenvalue weighted by Crippen LogP contribution is -2.17. The van der Waals surface area contributed by atoms with Crippen LogP contribution in [0.25, 0.3) is 0 Å². The van der Waals surface area contributed by atoms with Crippen molar-refractivity contribution in [1.82, 2.24) is 9.97 Å². The highest BCUT2D eigenvalue weighted by Gasteiger charge is 2.18. The van der Waals surface area contributed by atoms with Crippen LogP contribution in [0.5, 0.6) is 0 Å². The monoisotopic (exact) mass is 271 g/mol. The molecule has 0 aliphatic heterocycles. The number of rotatable bonds is 6. The summed E-state index contributed by atoms with van der Waals surface area (Å²) in [6.45, 7) is 10.5. The Labute approximate surface area is 114 Å². The van der Waals surface area contributed by atoms with Crippen molar-refractivity contribution in [3.8, 4) is 0 Å².